The van der Waals surface area contributed by atoms with Gasteiger partial charge in [-0.1, -0.05) is 18.2 Å². The molecule has 1 aromatic carbocycles. The third kappa shape index (κ3) is 3.43. The van der Waals surface area contributed by atoms with Crippen LogP contribution in [0, 0.1) is 0 Å². The van der Waals surface area contributed by atoms with Crippen LogP contribution < -0.4 is 5.32 Å². The van der Waals surface area contributed by atoms with Gasteiger partial charge in [0.25, 0.3) is 0 Å². The lowest BCUT2D eigenvalue weighted by Crippen LogP contribution is -2.48. The number of para-hydroxylation sites is 1. The average Bonchev–Trinajstić information content (AvgIpc) is 2.88. The van der Waals surface area contributed by atoms with Crippen molar-refractivity contribution >= 4 is 11.6 Å². The van der Waals surface area contributed by atoms with E-state index in [1.807, 2.05) is 18.2 Å². The Hall–Kier alpha value is -1.43. The van der Waals surface area contributed by atoms with Crippen molar-refractivity contribution < 1.29 is 14.3 Å². The fourth-order valence-electron chi connectivity index (χ4n) is 3.15. The van der Waals surface area contributed by atoms with Crippen LogP contribution >= 0.6 is 0 Å². The van der Waals surface area contributed by atoms with E-state index in [2.05, 4.69) is 16.3 Å². The molecule has 2 saturated heterocycles. The molecule has 1 N–H and O–H groups in total. The molecule has 0 atom stereocenters. The normalized spacial score (nSPS) is 21.6. The lowest BCUT2D eigenvalue weighted by molar-refractivity contribution is -0.190. The average molecular weight is 290 g/mol. The summed E-state index contributed by atoms with van der Waals surface area (Å²) >= 11 is 0. The van der Waals surface area contributed by atoms with Gasteiger partial charge in [-0.15, -0.1) is 0 Å². The van der Waals surface area contributed by atoms with Gasteiger partial charge in [-0.3, -0.25) is 9.69 Å². The number of rotatable bonds is 3. The summed E-state index contributed by atoms with van der Waals surface area (Å²) in [6.45, 7) is 5.54. The van der Waals surface area contributed by atoms with Gasteiger partial charge in [0.2, 0.25) is 5.91 Å². The second-order valence-corrected chi connectivity index (χ2v) is 5.76. The van der Waals surface area contributed by atoms with Crippen molar-refractivity contribution in [3.8, 4) is 0 Å². The van der Waals surface area contributed by atoms with Gasteiger partial charge in [-0.05, 0) is 24.6 Å². The SMILES string of the molecule is CC(=O)Nc1ccccc1CN1CCCC2(C1)OCCO2. The molecule has 5 nitrogen and oxygen atoms in total. The monoisotopic (exact) mass is 290 g/mol. The van der Waals surface area contributed by atoms with Gasteiger partial charge in [-0.25, -0.2) is 0 Å². The number of hydrogen-bond acceptors (Lipinski definition) is 4. The van der Waals surface area contributed by atoms with E-state index in [1.165, 1.54) is 6.92 Å². The highest BCUT2D eigenvalue weighted by Gasteiger charge is 2.40. The minimum absolute atomic E-state index is 0.0416. The van der Waals surface area contributed by atoms with Crippen molar-refractivity contribution in [2.75, 3.05) is 31.6 Å². The van der Waals surface area contributed by atoms with E-state index in [0.29, 0.717) is 13.2 Å². The van der Waals surface area contributed by atoms with Gasteiger partial charge in [0.15, 0.2) is 5.79 Å². The van der Waals surface area contributed by atoms with Gasteiger partial charge >= 0.3 is 0 Å². The lowest BCUT2D eigenvalue weighted by atomic mass is 10.0. The van der Waals surface area contributed by atoms with Crippen molar-refractivity contribution in [3.05, 3.63) is 29.8 Å². The Morgan fingerprint density at radius 2 is 2.10 bits per heavy atom. The third-order valence-corrected chi connectivity index (χ3v) is 4.03. The summed E-state index contributed by atoms with van der Waals surface area (Å²) in [6, 6.07) is 7.94. The van der Waals surface area contributed by atoms with Gasteiger partial charge in [-0.2, -0.15) is 0 Å². The molecular weight excluding hydrogens is 268 g/mol. The molecule has 2 heterocycles. The molecule has 114 valence electrons. The lowest BCUT2D eigenvalue weighted by Gasteiger charge is -2.38. The van der Waals surface area contributed by atoms with E-state index in [1.54, 1.807) is 0 Å². The quantitative estimate of drug-likeness (QED) is 0.925. The van der Waals surface area contributed by atoms with E-state index in [0.717, 1.165) is 43.7 Å². The standard InChI is InChI=1S/C16H22N2O3/c1-13(19)17-15-6-3-2-5-14(15)11-18-8-4-7-16(12-18)20-9-10-21-16/h2-3,5-6H,4,7-12H2,1H3,(H,17,19). The van der Waals surface area contributed by atoms with Crippen molar-refractivity contribution in [1.29, 1.82) is 0 Å². The molecule has 3 rings (SSSR count). The molecule has 2 aliphatic heterocycles. The first kappa shape index (κ1) is 14.5. The van der Waals surface area contributed by atoms with Gasteiger partial charge in [0.1, 0.15) is 0 Å². The fourth-order valence-corrected chi connectivity index (χ4v) is 3.15. The number of ether oxygens (including phenoxy) is 2. The number of likely N-dealkylation sites (tertiary alicyclic amines) is 1. The Morgan fingerprint density at radius 1 is 1.33 bits per heavy atom. The second-order valence-electron chi connectivity index (χ2n) is 5.76. The number of benzene rings is 1. The van der Waals surface area contributed by atoms with E-state index >= 15 is 0 Å². The summed E-state index contributed by atoms with van der Waals surface area (Å²) in [6.07, 6.45) is 2.04. The maximum Gasteiger partial charge on any atom is 0.221 e. The van der Waals surface area contributed by atoms with Crippen LogP contribution in [0.2, 0.25) is 0 Å². The van der Waals surface area contributed by atoms with Crippen LogP contribution in [-0.4, -0.2) is 42.9 Å². The number of piperidine rings is 1. The predicted molar refractivity (Wildman–Crippen MR) is 79.9 cm³/mol. The molecule has 0 unspecified atom stereocenters. The molecule has 21 heavy (non-hydrogen) atoms. The molecule has 2 fully saturated rings. The Labute approximate surface area is 125 Å². The van der Waals surface area contributed by atoms with Crippen molar-refractivity contribution in [2.24, 2.45) is 0 Å². The summed E-state index contributed by atoms with van der Waals surface area (Å²) in [5, 5.41) is 2.90. The Kier molecular flexibility index (Phi) is 4.24. The molecule has 0 saturated carbocycles. The van der Waals surface area contributed by atoms with Crippen LogP contribution in [0.3, 0.4) is 0 Å². The molecule has 0 aromatic heterocycles. The second kappa shape index (κ2) is 6.13. The zero-order valence-corrected chi connectivity index (χ0v) is 12.4. The highest BCUT2D eigenvalue weighted by Crippen LogP contribution is 2.31. The molecule has 2 aliphatic rings. The van der Waals surface area contributed by atoms with Crippen molar-refractivity contribution in [2.45, 2.75) is 32.1 Å². The van der Waals surface area contributed by atoms with Crippen molar-refractivity contribution in [3.63, 3.8) is 0 Å². The van der Waals surface area contributed by atoms with Crippen LogP contribution in [-0.2, 0) is 20.8 Å². The summed E-state index contributed by atoms with van der Waals surface area (Å²) in [5.41, 5.74) is 2.01. The van der Waals surface area contributed by atoms with Crippen LogP contribution in [0.25, 0.3) is 0 Å². The molecular formula is C16H22N2O3. The third-order valence-electron chi connectivity index (χ3n) is 4.03. The first-order valence-corrected chi connectivity index (χ1v) is 7.53. The van der Waals surface area contributed by atoms with Gasteiger partial charge in [0, 0.05) is 25.6 Å². The smallest absolute Gasteiger partial charge is 0.221 e. The minimum atomic E-state index is -0.402. The molecule has 1 aromatic rings. The highest BCUT2D eigenvalue weighted by molar-refractivity contribution is 5.89. The topological polar surface area (TPSA) is 50.8 Å². The minimum Gasteiger partial charge on any atom is -0.346 e. The van der Waals surface area contributed by atoms with E-state index in [9.17, 15) is 4.79 Å². The molecule has 1 spiro atoms. The van der Waals surface area contributed by atoms with E-state index in [4.69, 9.17) is 9.47 Å². The van der Waals surface area contributed by atoms with Crippen LogP contribution in [0.1, 0.15) is 25.3 Å². The van der Waals surface area contributed by atoms with E-state index < -0.39 is 5.79 Å². The summed E-state index contributed by atoms with van der Waals surface area (Å²) in [5.74, 6) is -0.443. The van der Waals surface area contributed by atoms with Crippen molar-refractivity contribution in [1.82, 2.24) is 4.90 Å². The Morgan fingerprint density at radius 3 is 2.86 bits per heavy atom. The van der Waals surface area contributed by atoms with Gasteiger partial charge in [0.05, 0.1) is 19.8 Å². The largest absolute Gasteiger partial charge is 0.346 e. The number of anilines is 1. The van der Waals surface area contributed by atoms with Crippen LogP contribution in [0.5, 0.6) is 0 Å². The number of nitrogens with one attached hydrogen (secondary N) is 1. The maximum atomic E-state index is 11.3. The summed E-state index contributed by atoms with van der Waals surface area (Å²) in [7, 11) is 0. The summed E-state index contributed by atoms with van der Waals surface area (Å²) < 4.78 is 11.6. The zero-order valence-electron chi connectivity index (χ0n) is 12.4. The maximum absolute atomic E-state index is 11.3. The first-order valence-electron chi connectivity index (χ1n) is 7.53. The number of amides is 1. The molecule has 1 amide bonds. The van der Waals surface area contributed by atoms with Crippen LogP contribution in [0.15, 0.2) is 24.3 Å². The molecule has 0 bridgehead atoms. The number of carbonyl (C=O) groups excluding carboxylic acids is 1. The predicted octanol–water partition coefficient (Wildman–Crippen LogP) is 1.98. The number of nitrogens with zero attached hydrogens (tertiary/aromatic N) is 1. The fraction of sp³-hybridized carbons (Fsp3) is 0.562. The Bertz CT molecular complexity index is 512. The molecule has 5 heteroatoms. The number of carbonyl (C=O) groups is 1. The van der Waals surface area contributed by atoms with E-state index in [-0.39, 0.29) is 5.91 Å². The zero-order chi connectivity index (χ0) is 14.7. The van der Waals surface area contributed by atoms with Gasteiger partial charge < -0.3 is 14.8 Å². The highest BCUT2D eigenvalue weighted by atomic mass is 16.7. The summed E-state index contributed by atoms with van der Waals surface area (Å²) in [4.78, 5) is 13.6. The first-order chi connectivity index (χ1) is 10.2. The molecule has 0 aliphatic carbocycles. The number of hydrogen-bond donors (Lipinski definition) is 1. The molecule has 0 radical (unpaired) electrons. The van der Waals surface area contributed by atoms with Crippen LogP contribution in [0.4, 0.5) is 5.69 Å². The Balaban J connectivity index is 1.70.